The highest BCUT2D eigenvalue weighted by molar-refractivity contribution is 5.86. The van der Waals surface area contributed by atoms with Crippen LogP contribution in [-0.4, -0.2) is 14.5 Å². The van der Waals surface area contributed by atoms with Gasteiger partial charge in [0.2, 0.25) is 11.8 Å². The van der Waals surface area contributed by atoms with Gasteiger partial charge in [-0.2, -0.15) is 5.26 Å². The number of benzene rings is 2. The lowest BCUT2D eigenvalue weighted by Gasteiger charge is -2.24. The van der Waals surface area contributed by atoms with Crippen LogP contribution in [0.4, 0.5) is 0 Å². The summed E-state index contributed by atoms with van der Waals surface area (Å²) in [7, 11) is 0. The fourth-order valence-corrected chi connectivity index (χ4v) is 4.12. The van der Waals surface area contributed by atoms with Crippen molar-refractivity contribution in [2.24, 2.45) is 5.73 Å². The third-order valence-electron chi connectivity index (χ3n) is 5.44. The molecule has 8 nitrogen and oxygen atoms in total. The number of fused-ring (bicyclic) bond motifs is 2. The molecule has 3 heterocycles. The van der Waals surface area contributed by atoms with Crippen LogP contribution in [0, 0.1) is 11.3 Å². The van der Waals surface area contributed by atoms with E-state index in [1.54, 1.807) is 0 Å². The fraction of sp³-hybridized carbons (Fsp3) is 0.0870. The molecular weight excluding hydrogens is 394 g/mol. The quantitative estimate of drug-likeness (QED) is 0.476. The average Bonchev–Trinajstić information content (AvgIpc) is 3.11. The Hall–Kier alpha value is -4.51. The molecule has 0 bridgehead atoms. The monoisotopic (exact) mass is 411 g/mol. The smallest absolute Gasteiger partial charge is 0.328 e. The van der Waals surface area contributed by atoms with E-state index in [4.69, 9.17) is 10.5 Å². The van der Waals surface area contributed by atoms with Crippen LogP contribution in [-0.2, 0) is 6.54 Å². The normalized spacial score (nSPS) is 15.4. The Morgan fingerprint density at radius 1 is 1.06 bits per heavy atom. The molecule has 2 aromatic heterocycles. The number of aromatic nitrogens is 3. The van der Waals surface area contributed by atoms with Gasteiger partial charge in [-0.1, -0.05) is 48.5 Å². The molecule has 2 aromatic carbocycles. The van der Waals surface area contributed by atoms with Crippen molar-refractivity contribution in [1.29, 1.82) is 5.26 Å². The summed E-state index contributed by atoms with van der Waals surface area (Å²) in [6.07, 6.45) is 1.92. The molecule has 0 saturated carbocycles. The van der Waals surface area contributed by atoms with Crippen molar-refractivity contribution in [3.63, 3.8) is 0 Å². The van der Waals surface area contributed by atoms with Crippen molar-refractivity contribution in [2.75, 3.05) is 0 Å². The second-order valence-corrected chi connectivity index (χ2v) is 7.29. The lowest BCUT2D eigenvalue weighted by atomic mass is 9.85. The van der Waals surface area contributed by atoms with Gasteiger partial charge in [0.15, 0.2) is 0 Å². The van der Waals surface area contributed by atoms with E-state index in [1.165, 1.54) is 0 Å². The van der Waals surface area contributed by atoms with E-state index < -0.39 is 17.2 Å². The van der Waals surface area contributed by atoms with Gasteiger partial charge >= 0.3 is 5.69 Å². The molecule has 4 N–H and O–H groups in total. The molecule has 1 aliphatic heterocycles. The fourth-order valence-electron chi connectivity index (χ4n) is 4.12. The number of nitriles is 1. The first-order valence-electron chi connectivity index (χ1n) is 9.62. The number of H-pyrrole nitrogens is 2. The Balaban J connectivity index is 1.77. The second kappa shape index (κ2) is 7.07. The topological polar surface area (TPSA) is 130 Å². The van der Waals surface area contributed by atoms with Crippen LogP contribution >= 0.6 is 0 Å². The lowest BCUT2D eigenvalue weighted by molar-refractivity contribution is 0.373. The standard InChI is InChI=1S/C23H17N5O3/c24-10-15-18(19-21(29)26-23(30)27-22(19)31-20(15)25)16-12-28(11-13-6-2-1-3-7-13)17-9-5-4-8-14(16)17/h1-9,12,18H,11,25H2,(H2,26,27,29,30)/t18-/m0/s1. The lowest BCUT2D eigenvalue weighted by Crippen LogP contribution is -2.33. The summed E-state index contributed by atoms with van der Waals surface area (Å²) in [6, 6.07) is 19.8. The molecule has 5 rings (SSSR count). The molecule has 1 atom stereocenters. The summed E-state index contributed by atoms with van der Waals surface area (Å²) >= 11 is 0. The van der Waals surface area contributed by atoms with Crippen LogP contribution in [0.15, 0.2) is 81.8 Å². The summed E-state index contributed by atoms with van der Waals surface area (Å²) < 4.78 is 7.49. The highest BCUT2D eigenvalue weighted by Gasteiger charge is 2.35. The zero-order valence-electron chi connectivity index (χ0n) is 16.3. The van der Waals surface area contributed by atoms with Crippen molar-refractivity contribution < 1.29 is 4.74 Å². The molecule has 1 aliphatic rings. The van der Waals surface area contributed by atoms with E-state index in [9.17, 15) is 14.9 Å². The first kappa shape index (κ1) is 18.5. The molecule has 8 heteroatoms. The third kappa shape index (κ3) is 3.00. The minimum absolute atomic E-state index is 0.0462. The first-order chi connectivity index (χ1) is 15.1. The largest absolute Gasteiger partial charge is 0.424 e. The van der Waals surface area contributed by atoms with Gasteiger partial charge in [-0.05, 0) is 17.2 Å². The number of allylic oxidation sites excluding steroid dienone is 1. The number of nitrogens with two attached hydrogens (primary N) is 1. The molecule has 4 aromatic rings. The molecule has 0 spiro atoms. The number of aromatic amines is 2. The van der Waals surface area contributed by atoms with Crippen molar-refractivity contribution in [1.82, 2.24) is 14.5 Å². The zero-order chi connectivity index (χ0) is 21.5. The Bertz CT molecular complexity index is 1500. The van der Waals surface area contributed by atoms with Gasteiger partial charge in [0, 0.05) is 23.6 Å². The Kier molecular flexibility index (Phi) is 4.22. The van der Waals surface area contributed by atoms with Crippen LogP contribution < -0.4 is 21.7 Å². The van der Waals surface area contributed by atoms with Gasteiger partial charge in [-0.3, -0.25) is 14.8 Å². The van der Waals surface area contributed by atoms with E-state index >= 15 is 0 Å². The zero-order valence-corrected chi connectivity index (χ0v) is 16.3. The number of hydrogen-bond donors (Lipinski definition) is 3. The maximum atomic E-state index is 12.7. The van der Waals surface area contributed by atoms with Gasteiger partial charge in [0.05, 0.1) is 11.5 Å². The van der Waals surface area contributed by atoms with Gasteiger partial charge < -0.3 is 15.0 Å². The van der Waals surface area contributed by atoms with Gasteiger partial charge in [-0.15, -0.1) is 0 Å². The molecule has 0 radical (unpaired) electrons. The highest BCUT2D eigenvalue weighted by Crippen LogP contribution is 2.41. The number of hydrogen-bond acceptors (Lipinski definition) is 5. The van der Waals surface area contributed by atoms with Crippen molar-refractivity contribution in [3.8, 4) is 11.9 Å². The minimum Gasteiger partial charge on any atom is -0.424 e. The minimum atomic E-state index is -0.781. The number of para-hydroxylation sites is 1. The van der Waals surface area contributed by atoms with Crippen LogP contribution in [0.25, 0.3) is 10.9 Å². The number of nitrogens with one attached hydrogen (secondary N) is 2. The molecule has 0 unspecified atom stereocenters. The van der Waals surface area contributed by atoms with E-state index in [2.05, 4.69) is 20.6 Å². The van der Waals surface area contributed by atoms with Gasteiger partial charge in [0.1, 0.15) is 11.6 Å². The summed E-state index contributed by atoms with van der Waals surface area (Å²) in [5, 5.41) is 10.7. The van der Waals surface area contributed by atoms with E-state index in [0.29, 0.717) is 6.54 Å². The maximum absolute atomic E-state index is 12.7. The van der Waals surface area contributed by atoms with Crippen LogP contribution in [0.1, 0.15) is 22.6 Å². The Morgan fingerprint density at radius 3 is 2.58 bits per heavy atom. The number of nitrogens with zero attached hydrogens (tertiary/aromatic N) is 2. The predicted molar refractivity (Wildman–Crippen MR) is 114 cm³/mol. The molecule has 0 fully saturated rings. The summed E-state index contributed by atoms with van der Waals surface area (Å²) in [4.78, 5) is 29.2. The van der Waals surface area contributed by atoms with Gasteiger partial charge in [-0.25, -0.2) is 4.79 Å². The summed E-state index contributed by atoms with van der Waals surface area (Å²) in [5.41, 5.74) is 7.73. The number of ether oxygens (including phenoxy) is 1. The van der Waals surface area contributed by atoms with Crippen LogP contribution in [0.5, 0.6) is 5.88 Å². The highest BCUT2D eigenvalue weighted by atomic mass is 16.5. The van der Waals surface area contributed by atoms with E-state index in [0.717, 1.165) is 22.0 Å². The maximum Gasteiger partial charge on any atom is 0.328 e. The van der Waals surface area contributed by atoms with Crippen molar-refractivity contribution in [3.05, 3.63) is 110 Å². The Labute approximate surface area is 175 Å². The van der Waals surface area contributed by atoms with E-state index in [-0.39, 0.29) is 22.9 Å². The van der Waals surface area contributed by atoms with Crippen molar-refractivity contribution in [2.45, 2.75) is 12.5 Å². The Morgan fingerprint density at radius 2 is 1.81 bits per heavy atom. The SMILES string of the molecule is N#CC1=C(N)Oc2[nH]c(=O)[nH]c(=O)c2[C@@H]1c1cn(Cc2ccccc2)c2ccccc12. The van der Waals surface area contributed by atoms with Gasteiger partial charge in [0.25, 0.3) is 5.56 Å². The number of rotatable bonds is 3. The summed E-state index contributed by atoms with van der Waals surface area (Å²) in [5.74, 6) is -0.965. The molecule has 0 saturated heterocycles. The van der Waals surface area contributed by atoms with Crippen LogP contribution in [0.2, 0.25) is 0 Å². The first-order valence-corrected chi connectivity index (χ1v) is 9.62. The second-order valence-electron chi connectivity index (χ2n) is 7.29. The molecule has 0 amide bonds. The molecule has 152 valence electrons. The van der Waals surface area contributed by atoms with Crippen molar-refractivity contribution >= 4 is 10.9 Å². The summed E-state index contributed by atoms with van der Waals surface area (Å²) in [6.45, 7) is 0.612. The third-order valence-corrected chi connectivity index (χ3v) is 5.44. The average molecular weight is 411 g/mol. The van der Waals surface area contributed by atoms with Crippen LogP contribution in [0.3, 0.4) is 0 Å². The molecule has 0 aliphatic carbocycles. The molecular formula is C23H17N5O3. The molecule has 31 heavy (non-hydrogen) atoms. The predicted octanol–water partition coefficient (Wildman–Crippen LogP) is 2.28. The van der Waals surface area contributed by atoms with E-state index in [1.807, 2.05) is 60.8 Å².